The van der Waals surface area contributed by atoms with Crippen molar-refractivity contribution in [2.45, 2.75) is 0 Å². The van der Waals surface area contributed by atoms with Crippen LogP contribution in [0.5, 0.6) is 0 Å². The Morgan fingerprint density at radius 2 is 1.58 bits per heavy atom. The Kier molecular flexibility index (Phi) is 2.60. The Morgan fingerprint density at radius 3 is 2.46 bits per heavy atom. The van der Waals surface area contributed by atoms with E-state index in [1.807, 2.05) is 19.2 Å². The van der Waals surface area contributed by atoms with E-state index in [2.05, 4.69) is 60.7 Å². The predicted octanol–water partition coefficient (Wildman–Crippen LogP) is 5.25. The molecule has 0 radical (unpaired) electrons. The topological polar surface area (TPSA) is 20.3 Å². The van der Waals surface area contributed by atoms with Crippen molar-refractivity contribution in [3.63, 3.8) is 0 Å². The third-order valence-electron chi connectivity index (χ3n) is 4.98. The monoisotopic (exact) mass is 309 g/mol. The molecule has 1 amide bonds. The second-order valence-electron chi connectivity index (χ2n) is 6.29. The number of amides is 1. The van der Waals surface area contributed by atoms with Crippen molar-refractivity contribution in [2.75, 3.05) is 11.9 Å². The maximum Gasteiger partial charge on any atom is 0.258 e. The first-order valence-electron chi connectivity index (χ1n) is 8.07. The molecular weight excluding hydrogens is 294 g/mol. The van der Waals surface area contributed by atoms with Crippen molar-refractivity contribution in [2.24, 2.45) is 0 Å². The van der Waals surface area contributed by atoms with Gasteiger partial charge in [-0.3, -0.25) is 4.79 Å². The van der Waals surface area contributed by atoms with Crippen LogP contribution in [-0.2, 0) is 0 Å². The summed E-state index contributed by atoms with van der Waals surface area (Å²) in [5.41, 5.74) is 4.15. The quantitative estimate of drug-likeness (QED) is 0.470. The lowest BCUT2D eigenvalue weighted by Crippen LogP contribution is -2.20. The van der Waals surface area contributed by atoms with Crippen LogP contribution in [0.2, 0.25) is 0 Å². The van der Waals surface area contributed by atoms with Crippen molar-refractivity contribution in [3.8, 4) is 11.1 Å². The standard InChI is InChI=1S/C22H15NO/c1-23-20-12-11-17(18-7-4-8-19(21(18)20)22(23)24)16-10-9-14-5-2-3-6-15(14)13-16/h2-13H,1H3. The highest BCUT2D eigenvalue weighted by Crippen LogP contribution is 2.41. The summed E-state index contributed by atoms with van der Waals surface area (Å²) in [4.78, 5) is 14.2. The van der Waals surface area contributed by atoms with E-state index in [0.29, 0.717) is 0 Å². The molecule has 0 aromatic heterocycles. The Morgan fingerprint density at radius 1 is 0.750 bits per heavy atom. The van der Waals surface area contributed by atoms with E-state index in [9.17, 15) is 4.79 Å². The molecule has 0 saturated carbocycles. The largest absolute Gasteiger partial charge is 0.311 e. The van der Waals surface area contributed by atoms with Gasteiger partial charge in [-0.1, -0.05) is 54.6 Å². The zero-order valence-corrected chi connectivity index (χ0v) is 13.3. The van der Waals surface area contributed by atoms with Gasteiger partial charge in [-0.05, 0) is 45.5 Å². The van der Waals surface area contributed by atoms with Gasteiger partial charge in [-0.15, -0.1) is 0 Å². The summed E-state index contributed by atoms with van der Waals surface area (Å²) in [7, 11) is 1.84. The van der Waals surface area contributed by atoms with Gasteiger partial charge in [0.15, 0.2) is 0 Å². The van der Waals surface area contributed by atoms with Crippen molar-refractivity contribution in [1.29, 1.82) is 0 Å². The molecule has 1 aliphatic rings. The number of fused-ring (bicyclic) bond motifs is 1. The molecule has 4 aromatic carbocycles. The minimum absolute atomic E-state index is 0.0752. The van der Waals surface area contributed by atoms with Gasteiger partial charge in [0.25, 0.3) is 5.91 Å². The SMILES string of the molecule is CN1C(=O)c2cccc3c(-c4ccc5ccccc5c4)ccc1c23. The number of hydrogen-bond donors (Lipinski definition) is 0. The van der Waals surface area contributed by atoms with Crippen molar-refractivity contribution in [1.82, 2.24) is 0 Å². The fourth-order valence-electron chi connectivity index (χ4n) is 3.74. The molecule has 0 bridgehead atoms. The average Bonchev–Trinajstić information content (AvgIpc) is 2.88. The highest BCUT2D eigenvalue weighted by Gasteiger charge is 2.27. The number of carbonyl (C=O) groups is 1. The van der Waals surface area contributed by atoms with E-state index in [0.717, 1.165) is 22.0 Å². The van der Waals surface area contributed by atoms with Crippen LogP contribution in [0.15, 0.2) is 72.8 Å². The molecule has 2 nitrogen and oxygen atoms in total. The molecule has 5 rings (SSSR count). The molecule has 4 aromatic rings. The van der Waals surface area contributed by atoms with Gasteiger partial charge in [0, 0.05) is 18.0 Å². The highest BCUT2D eigenvalue weighted by atomic mass is 16.2. The summed E-state index contributed by atoms with van der Waals surface area (Å²) < 4.78 is 0. The van der Waals surface area contributed by atoms with Crippen molar-refractivity contribution >= 4 is 33.1 Å². The van der Waals surface area contributed by atoms with Crippen LogP contribution < -0.4 is 4.90 Å². The first kappa shape index (κ1) is 13.3. The van der Waals surface area contributed by atoms with Crippen molar-refractivity contribution < 1.29 is 4.79 Å². The second kappa shape index (κ2) is 4.68. The van der Waals surface area contributed by atoms with Gasteiger partial charge in [-0.25, -0.2) is 0 Å². The van der Waals surface area contributed by atoms with Crippen LogP contribution in [0, 0.1) is 0 Å². The Balaban J connectivity index is 1.83. The predicted molar refractivity (Wildman–Crippen MR) is 99.6 cm³/mol. The number of anilines is 1. The number of rotatable bonds is 1. The number of carbonyl (C=O) groups excluding carboxylic acids is 1. The van der Waals surface area contributed by atoms with Crippen LogP contribution in [0.25, 0.3) is 32.7 Å². The van der Waals surface area contributed by atoms with E-state index >= 15 is 0 Å². The van der Waals surface area contributed by atoms with Gasteiger partial charge in [0.05, 0.1) is 5.69 Å². The summed E-state index contributed by atoms with van der Waals surface area (Å²) in [5, 5.41) is 4.67. The lowest BCUT2D eigenvalue weighted by molar-refractivity contribution is 0.0999. The fraction of sp³-hybridized carbons (Fsp3) is 0.0455. The van der Waals surface area contributed by atoms with E-state index < -0.39 is 0 Å². The molecule has 1 heterocycles. The number of nitrogens with zero attached hydrogens (tertiary/aromatic N) is 1. The fourth-order valence-corrected chi connectivity index (χ4v) is 3.74. The van der Waals surface area contributed by atoms with Gasteiger partial charge in [-0.2, -0.15) is 0 Å². The van der Waals surface area contributed by atoms with E-state index in [1.165, 1.54) is 21.9 Å². The molecule has 0 aliphatic carbocycles. The first-order valence-corrected chi connectivity index (χ1v) is 8.07. The highest BCUT2D eigenvalue weighted by molar-refractivity contribution is 6.26. The molecule has 2 heteroatoms. The molecule has 24 heavy (non-hydrogen) atoms. The second-order valence-corrected chi connectivity index (χ2v) is 6.29. The average molecular weight is 309 g/mol. The molecule has 0 fully saturated rings. The van der Waals surface area contributed by atoms with Crippen LogP contribution in [0.3, 0.4) is 0 Å². The van der Waals surface area contributed by atoms with Crippen LogP contribution in [0.1, 0.15) is 10.4 Å². The smallest absolute Gasteiger partial charge is 0.258 e. The third kappa shape index (κ3) is 1.68. The summed E-state index contributed by atoms with van der Waals surface area (Å²) in [6, 6.07) is 25.1. The van der Waals surface area contributed by atoms with Crippen LogP contribution in [0.4, 0.5) is 5.69 Å². The summed E-state index contributed by atoms with van der Waals surface area (Å²) >= 11 is 0. The lowest BCUT2D eigenvalue weighted by atomic mass is 9.94. The van der Waals surface area contributed by atoms with Crippen LogP contribution >= 0.6 is 0 Å². The van der Waals surface area contributed by atoms with Gasteiger partial charge >= 0.3 is 0 Å². The van der Waals surface area contributed by atoms with Gasteiger partial charge < -0.3 is 4.90 Å². The third-order valence-corrected chi connectivity index (χ3v) is 4.98. The number of hydrogen-bond acceptors (Lipinski definition) is 1. The molecule has 0 unspecified atom stereocenters. The Hall–Kier alpha value is -3.13. The summed E-state index contributed by atoms with van der Waals surface area (Å²) in [6.07, 6.45) is 0. The van der Waals surface area contributed by atoms with Gasteiger partial charge in [0.1, 0.15) is 0 Å². The van der Waals surface area contributed by atoms with Gasteiger partial charge in [0.2, 0.25) is 0 Å². The van der Waals surface area contributed by atoms with E-state index in [-0.39, 0.29) is 5.91 Å². The maximum absolute atomic E-state index is 12.4. The summed E-state index contributed by atoms with van der Waals surface area (Å²) in [5.74, 6) is 0.0752. The zero-order valence-electron chi connectivity index (χ0n) is 13.3. The normalized spacial score (nSPS) is 13.2. The molecule has 114 valence electrons. The maximum atomic E-state index is 12.4. The van der Waals surface area contributed by atoms with Crippen molar-refractivity contribution in [3.05, 3.63) is 78.4 Å². The molecule has 1 aliphatic heterocycles. The lowest BCUT2D eigenvalue weighted by Gasteiger charge is -2.12. The Labute approximate surface area is 139 Å². The zero-order chi connectivity index (χ0) is 16.3. The number of benzene rings is 4. The van der Waals surface area contributed by atoms with E-state index in [1.54, 1.807) is 4.90 Å². The molecule has 0 saturated heterocycles. The van der Waals surface area contributed by atoms with E-state index in [4.69, 9.17) is 0 Å². The van der Waals surface area contributed by atoms with Crippen LogP contribution in [-0.4, -0.2) is 13.0 Å². The minimum Gasteiger partial charge on any atom is -0.311 e. The molecular formula is C22H15NO. The molecule has 0 N–H and O–H groups in total. The first-order chi connectivity index (χ1) is 11.7. The minimum atomic E-state index is 0.0752. The molecule has 0 spiro atoms. The molecule has 0 atom stereocenters. The Bertz CT molecular complexity index is 1140. The summed E-state index contributed by atoms with van der Waals surface area (Å²) in [6.45, 7) is 0.